The van der Waals surface area contributed by atoms with Gasteiger partial charge in [-0.1, -0.05) is 12.1 Å². The van der Waals surface area contributed by atoms with Crippen LogP contribution >= 0.6 is 0 Å². The average molecular weight is 251 g/mol. The molecule has 5 nitrogen and oxygen atoms in total. The summed E-state index contributed by atoms with van der Waals surface area (Å²) in [6.45, 7) is 5.11. The monoisotopic (exact) mass is 251 g/mol. The van der Waals surface area contributed by atoms with Crippen LogP contribution in [-0.4, -0.2) is 28.8 Å². The van der Waals surface area contributed by atoms with E-state index >= 15 is 0 Å². The first-order chi connectivity index (χ1) is 8.37. The Bertz CT molecular complexity index is 441. The second-order valence-corrected chi connectivity index (χ2v) is 4.23. The van der Waals surface area contributed by atoms with E-state index < -0.39 is 11.5 Å². The number of hydrogen-bond donors (Lipinski definition) is 3. The molecule has 5 heteroatoms. The molecule has 0 bridgehead atoms. The molecule has 0 aliphatic rings. The number of aliphatic carboxylic acids is 1. The fourth-order valence-corrected chi connectivity index (χ4v) is 1.55. The number of methoxy groups -OCH3 is 1. The second-order valence-electron chi connectivity index (χ2n) is 4.23. The lowest BCUT2D eigenvalue weighted by Gasteiger charge is -2.27. The minimum Gasteiger partial charge on any atom is -0.508 e. The van der Waals surface area contributed by atoms with Crippen molar-refractivity contribution in [3.63, 3.8) is 0 Å². The highest BCUT2D eigenvalue weighted by atomic mass is 16.5. The van der Waals surface area contributed by atoms with Crippen molar-refractivity contribution in [3.8, 4) is 5.75 Å². The van der Waals surface area contributed by atoms with Crippen molar-refractivity contribution in [2.45, 2.75) is 18.9 Å². The van der Waals surface area contributed by atoms with Gasteiger partial charge in [-0.15, -0.1) is 0 Å². The zero-order valence-electron chi connectivity index (χ0n) is 10.4. The number of carboxylic acid groups (broad SMARTS) is 1. The SMILES string of the molecule is C=C(NC(C)(Cc1ccc(O)cc1)C(=O)O)OC. The third kappa shape index (κ3) is 3.41. The molecular weight excluding hydrogens is 234 g/mol. The smallest absolute Gasteiger partial charge is 0.329 e. The summed E-state index contributed by atoms with van der Waals surface area (Å²) in [6, 6.07) is 6.38. The lowest BCUT2D eigenvalue weighted by molar-refractivity contribution is -0.144. The molecule has 3 N–H and O–H groups in total. The Labute approximate surface area is 106 Å². The Balaban J connectivity index is 2.89. The molecular formula is C13H17NO4. The molecule has 0 amide bonds. The van der Waals surface area contributed by atoms with Crippen molar-refractivity contribution in [1.82, 2.24) is 5.32 Å². The first kappa shape index (κ1) is 13.9. The van der Waals surface area contributed by atoms with Gasteiger partial charge < -0.3 is 20.3 Å². The van der Waals surface area contributed by atoms with Gasteiger partial charge >= 0.3 is 5.97 Å². The van der Waals surface area contributed by atoms with Gasteiger partial charge in [-0.25, -0.2) is 4.79 Å². The summed E-state index contributed by atoms with van der Waals surface area (Å²) >= 11 is 0. The number of ether oxygens (including phenoxy) is 1. The van der Waals surface area contributed by atoms with E-state index in [0.717, 1.165) is 5.56 Å². The predicted molar refractivity (Wildman–Crippen MR) is 67.1 cm³/mol. The third-order valence-corrected chi connectivity index (χ3v) is 2.63. The summed E-state index contributed by atoms with van der Waals surface area (Å²) in [5, 5.41) is 21.2. The van der Waals surface area contributed by atoms with Gasteiger partial charge in [0.25, 0.3) is 0 Å². The van der Waals surface area contributed by atoms with Crippen molar-refractivity contribution >= 4 is 5.97 Å². The van der Waals surface area contributed by atoms with Crippen LogP contribution in [-0.2, 0) is 16.0 Å². The number of nitrogens with one attached hydrogen (secondary N) is 1. The van der Waals surface area contributed by atoms with E-state index in [4.69, 9.17) is 4.74 Å². The van der Waals surface area contributed by atoms with Crippen molar-refractivity contribution in [2.24, 2.45) is 0 Å². The maximum Gasteiger partial charge on any atom is 0.329 e. The first-order valence-corrected chi connectivity index (χ1v) is 5.40. The topological polar surface area (TPSA) is 78.8 Å². The Morgan fingerprint density at radius 1 is 1.44 bits per heavy atom. The van der Waals surface area contributed by atoms with Gasteiger partial charge in [0.1, 0.15) is 11.3 Å². The summed E-state index contributed by atoms with van der Waals surface area (Å²) in [5.74, 6) is -0.669. The fraction of sp³-hybridized carbons (Fsp3) is 0.308. The van der Waals surface area contributed by atoms with E-state index in [9.17, 15) is 15.0 Å². The molecule has 0 aromatic heterocycles. The number of carboxylic acids is 1. The van der Waals surface area contributed by atoms with Gasteiger partial charge in [0, 0.05) is 6.42 Å². The Hall–Kier alpha value is -2.17. The zero-order valence-corrected chi connectivity index (χ0v) is 10.4. The maximum absolute atomic E-state index is 11.3. The van der Waals surface area contributed by atoms with E-state index in [1.54, 1.807) is 19.1 Å². The predicted octanol–water partition coefficient (Wildman–Crippen LogP) is 1.49. The number of carbonyl (C=O) groups is 1. The van der Waals surface area contributed by atoms with Crippen LogP contribution in [0.3, 0.4) is 0 Å². The molecule has 0 spiro atoms. The lowest BCUT2D eigenvalue weighted by Crippen LogP contribution is -2.50. The summed E-state index contributed by atoms with van der Waals surface area (Å²) in [4.78, 5) is 11.3. The number of phenolic OH excluding ortho intramolecular Hbond substituents is 1. The molecule has 1 aromatic carbocycles. The Morgan fingerprint density at radius 2 is 2.00 bits per heavy atom. The lowest BCUT2D eigenvalue weighted by atomic mass is 9.93. The van der Waals surface area contributed by atoms with E-state index in [2.05, 4.69) is 11.9 Å². The minimum atomic E-state index is -1.22. The van der Waals surface area contributed by atoms with E-state index in [-0.39, 0.29) is 18.1 Å². The van der Waals surface area contributed by atoms with E-state index in [1.807, 2.05) is 0 Å². The molecule has 1 unspecified atom stereocenters. The Morgan fingerprint density at radius 3 is 2.44 bits per heavy atom. The molecule has 98 valence electrons. The number of aromatic hydroxyl groups is 1. The summed E-state index contributed by atoms with van der Waals surface area (Å²) in [6.07, 6.45) is 0.241. The van der Waals surface area contributed by atoms with Crippen molar-refractivity contribution in [3.05, 3.63) is 42.3 Å². The van der Waals surface area contributed by atoms with Gasteiger partial charge in [0.2, 0.25) is 0 Å². The molecule has 0 aliphatic carbocycles. The summed E-state index contributed by atoms with van der Waals surface area (Å²) in [7, 11) is 1.41. The zero-order chi connectivity index (χ0) is 13.8. The highest BCUT2D eigenvalue weighted by Gasteiger charge is 2.33. The van der Waals surface area contributed by atoms with Gasteiger partial charge in [-0.05, 0) is 31.2 Å². The molecule has 0 saturated carbocycles. The van der Waals surface area contributed by atoms with Crippen molar-refractivity contribution in [1.29, 1.82) is 0 Å². The molecule has 0 fully saturated rings. The van der Waals surface area contributed by atoms with Crippen molar-refractivity contribution in [2.75, 3.05) is 7.11 Å². The van der Waals surface area contributed by atoms with Crippen LogP contribution in [0, 0.1) is 0 Å². The largest absolute Gasteiger partial charge is 0.508 e. The standard InChI is InChI=1S/C13H17NO4/c1-9(18-3)14-13(2,12(16)17)8-10-4-6-11(15)7-5-10/h4-7,14-15H,1,8H2,2-3H3,(H,16,17). The highest BCUT2D eigenvalue weighted by molar-refractivity contribution is 5.79. The fourth-order valence-electron chi connectivity index (χ4n) is 1.55. The quantitative estimate of drug-likeness (QED) is 0.667. The molecule has 0 aliphatic heterocycles. The van der Waals surface area contributed by atoms with Gasteiger partial charge in [-0.3, -0.25) is 0 Å². The van der Waals surface area contributed by atoms with Crippen LogP contribution in [0.25, 0.3) is 0 Å². The molecule has 0 heterocycles. The number of hydrogen-bond acceptors (Lipinski definition) is 4. The summed E-state index contributed by atoms with van der Waals surface area (Å²) < 4.78 is 4.84. The minimum absolute atomic E-state index is 0.144. The molecule has 1 aromatic rings. The molecule has 0 saturated heterocycles. The van der Waals surface area contributed by atoms with Crippen LogP contribution < -0.4 is 5.32 Å². The van der Waals surface area contributed by atoms with E-state index in [0.29, 0.717) is 0 Å². The van der Waals surface area contributed by atoms with Crippen LogP contribution in [0.1, 0.15) is 12.5 Å². The van der Waals surface area contributed by atoms with Crippen LogP contribution in [0.4, 0.5) is 0 Å². The van der Waals surface area contributed by atoms with Gasteiger partial charge in [0.15, 0.2) is 5.88 Å². The van der Waals surface area contributed by atoms with Gasteiger partial charge in [-0.2, -0.15) is 0 Å². The third-order valence-electron chi connectivity index (χ3n) is 2.63. The Kier molecular flexibility index (Phi) is 4.20. The normalized spacial score (nSPS) is 13.4. The second kappa shape index (κ2) is 5.44. The average Bonchev–Trinajstić information content (AvgIpc) is 2.31. The molecule has 1 atom stereocenters. The molecule has 1 rings (SSSR count). The van der Waals surface area contributed by atoms with Crippen LogP contribution in [0.2, 0.25) is 0 Å². The maximum atomic E-state index is 11.3. The van der Waals surface area contributed by atoms with E-state index in [1.165, 1.54) is 19.2 Å². The van der Waals surface area contributed by atoms with Gasteiger partial charge in [0.05, 0.1) is 7.11 Å². The number of rotatable bonds is 6. The first-order valence-electron chi connectivity index (χ1n) is 5.40. The number of phenols is 1. The molecule has 18 heavy (non-hydrogen) atoms. The molecule has 0 radical (unpaired) electrons. The highest BCUT2D eigenvalue weighted by Crippen LogP contribution is 2.18. The summed E-state index contributed by atoms with van der Waals surface area (Å²) in [5.41, 5.74) is -0.432. The number of benzene rings is 1. The van der Waals surface area contributed by atoms with Crippen molar-refractivity contribution < 1.29 is 19.7 Å². The van der Waals surface area contributed by atoms with Crippen LogP contribution in [0.5, 0.6) is 5.75 Å². The van der Waals surface area contributed by atoms with Crippen LogP contribution in [0.15, 0.2) is 36.7 Å².